The van der Waals surface area contributed by atoms with Gasteiger partial charge in [0.2, 0.25) is 0 Å². The Morgan fingerprint density at radius 2 is 2.00 bits per heavy atom. The van der Waals surface area contributed by atoms with Crippen LogP contribution in [0.2, 0.25) is 0 Å². The van der Waals surface area contributed by atoms with Gasteiger partial charge in [-0.05, 0) is 31.2 Å². The molecule has 0 atom stereocenters. The molecule has 0 aliphatic heterocycles. The third-order valence-electron chi connectivity index (χ3n) is 2.56. The largest absolute Gasteiger partial charge is 0.481 e. The predicted octanol–water partition coefficient (Wildman–Crippen LogP) is 2.84. The smallest absolute Gasteiger partial charge is 0.300 e. The maximum absolute atomic E-state index is 9.00. The third-order valence-corrected chi connectivity index (χ3v) is 2.98. The summed E-state index contributed by atoms with van der Waals surface area (Å²) in [4.78, 5) is 13.3. The molecule has 0 aliphatic carbocycles. The third kappa shape index (κ3) is 6.36. The molecule has 0 amide bonds. The zero-order valence-electron chi connectivity index (χ0n) is 13.0. The van der Waals surface area contributed by atoms with E-state index in [2.05, 4.69) is 10.1 Å². The SMILES string of the molecule is C/C(=C\C=C(/N)c1ccnn1-c1ccccn1)CCl.CC(=O)O. The Balaban J connectivity index is 0.000000593. The van der Waals surface area contributed by atoms with Gasteiger partial charge in [-0.25, -0.2) is 9.67 Å². The highest BCUT2D eigenvalue weighted by Gasteiger charge is 2.07. The first-order valence-corrected chi connectivity index (χ1v) is 7.33. The molecule has 0 bridgehead atoms. The second-order valence-electron chi connectivity index (χ2n) is 4.60. The van der Waals surface area contributed by atoms with Crippen molar-refractivity contribution in [1.29, 1.82) is 0 Å². The van der Waals surface area contributed by atoms with E-state index in [1.165, 1.54) is 0 Å². The number of hydrogen-bond acceptors (Lipinski definition) is 4. The number of hydrogen-bond donors (Lipinski definition) is 2. The van der Waals surface area contributed by atoms with Crippen LogP contribution in [0.15, 0.2) is 54.4 Å². The fourth-order valence-electron chi connectivity index (χ4n) is 1.55. The standard InChI is InChI=1S/C14H15ClN4.C2H4O2/c1-11(10-15)5-6-12(16)13-7-9-18-19(13)14-4-2-3-8-17-14;1-2(3)4/h2-9H,10,16H2,1H3;1H3,(H,3,4)/b11-5+,12-6-;. The molecule has 0 aromatic carbocycles. The normalized spacial score (nSPS) is 11.6. The van der Waals surface area contributed by atoms with Crippen molar-refractivity contribution in [3.8, 4) is 5.82 Å². The molecule has 122 valence electrons. The molecular formula is C16H19ClN4O2. The number of aromatic nitrogens is 3. The molecule has 0 spiro atoms. The van der Waals surface area contributed by atoms with Gasteiger partial charge in [-0.1, -0.05) is 17.7 Å². The summed E-state index contributed by atoms with van der Waals surface area (Å²) in [7, 11) is 0. The maximum atomic E-state index is 9.00. The molecule has 0 radical (unpaired) electrons. The average molecular weight is 335 g/mol. The molecule has 0 unspecified atom stereocenters. The number of carbonyl (C=O) groups is 1. The van der Waals surface area contributed by atoms with Gasteiger partial charge >= 0.3 is 0 Å². The van der Waals surface area contributed by atoms with Gasteiger partial charge < -0.3 is 10.8 Å². The van der Waals surface area contributed by atoms with Crippen molar-refractivity contribution in [2.24, 2.45) is 5.73 Å². The van der Waals surface area contributed by atoms with Gasteiger partial charge in [0.25, 0.3) is 5.97 Å². The predicted molar refractivity (Wildman–Crippen MR) is 91.3 cm³/mol. The van der Waals surface area contributed by atoms with Crippen LogP contribution in [0, 0.1) is 0 Å². The van der Waals surface area contributed by atoms with Crippen LogP contribution in [0.4, 0.5) is 0 Å². The van der Waals surface area contributed by atoms with Crippen LogP contribution in [0.25, 0.3) is 11.5 Å². The Morgan fingerprint density at radius 1 is 1.30 bits per heavy atom. The zero-order chi connectivity index (χ0) is 17.2. The molecule has 3 N–H and O–H groups in total. The summed E-state index contributed by atoms with van der Waals surface area (Å²) in [5.41, 5.74) is 8.54. The van der Waals surface area contributed by atoms with Crippen LogP contribution in [0.1, 0.15) is 19.5 Å². The monoisotopic (exact) mass is 334 g/mol. The number of halogens is 1. The fraction of sp³-hybridized carbons (Fsp3) is 0.188. The molecule has 6 nitrogen and oxygen atoms in total. The zero-order valence-corrected chi connectivity index (χ0v) is 13.7. The van der Waals surface area contributed by atoms with Gasteiger partial charge in [-0.15, -0.1) is 11.6 Å². The van der Waals surface area contributed by atoms with Crippen LogP contribution >= 0.6 is 11.6 Å². The Morgan fingerprint density at radius 3 is 2.57 bits per heavy atom. The summed E-state index contributed by atoms with van der Waals surface area (Å²) in [5.74, 6) is 0.389. The van der Waals surface area contributed by atoms with Crippen molar-refractivity contribution in [1.82, 2.24) is 14.8 Å². The van der Waals surface area contributed by atoms with E-state index in [9.17, 15) is 0 Å². The lowest BCUT2D eigenvalue weighted by Crippen LogP contribution is -2.07. The summed E-state index contributed by atoms with van der Waals surface area (Å²) in [6, 6.07) is 7.50. The van der Waals surface area contributed by atoms with Crippen LogP contribution in [0.3, 0.4) is 0 Å². The topological polar surface area (TPSA) is 94.0 Å². The first-order chi connectivity index (χ1) is 11.0. The Bertz CT molecular complexity index is 689. The minimum Gasteiger partial charge on any atom is -0.481 e. The van der Waals surface area contributed by atoms with E-state index in [4.69, 9.17) is 27.2 Å². The number of nitrogens with two attached hydrogens (primary N) is 1. The summed E-state index contributed by atoms with van der Waals surface area (Å²) < 4.78 is 1.70. The highest BCUT2D eigenvalue weighted by atomic mass is 35.5. The summed E-state index contributed by atoms with van der Waals surface area (Å²) in [6.07, 6.45) is 7.15. The number of rotatable bonds is 4. The van der Waals surface area contributed by atoms with Crippen LogP contribution in [0.5, 0.6) is 0 Å². The van der Waals surface area contributed by atoms with Gasteiger partial charge in [-0.2, -0.15) is 5.10 Å². The van der Waals surface area contributed by atoms with Crippen molar-refractivity contribution in [2.45, 2.75) is 13.8 Å². The molecule has 23 heavy (non-hydrogen) atoms. The molecule has 2 aromatic rings. The van der Waals surface area contributed by atoms with Gasteiger partial charge in [0.1, 0.15) is 0 Å². The highest BCUT2D eigenvalue weighted by Crippen LogP contribution is 2.13. The van der Waals surface area contributed by atoms with Gasteiger partial charge in [-0.3, -0.25) is 4.79 Å². The van der Waals surface area contributed by atoms with Crippen molar-refractivity contribution < 1.29 is 9.90 Å². The Labute approximate surface area is 139 Å². The molecule has 2 heterocycles. The van der Waals surface area contributed by atoms with Crippen LogP contribution in [-0.2, 0) is 4.79 Å². The van der Waals surface area contributed by atoms with E-state index in [1.807, 2.05) is 43.3 Å². The molecule has 2 aromatic heterocycles. The van der Waals surface area contributed by atoms with E-state index in [1.54, 1.807) is 17.1 Å². The minimum atomic E-state index is -0.833. The maximum Gasteiger partial charge on any atom is 0.300 e. The van der Waals surface area contributed by atoms with E-state index in [0.717, 1.165) is 24.0 Å². The second-order valence-corrected chi connectivity index (χ2v) is 4.87. The van der Waals surface area contributed by atoms with Crippen molar-refractivity contribution in [3.63, 3.8) is 0 Å². The molecule has 2 rings (SSSR count). The van der Waals surface area contributed by atoms with E-state index < -0.39 is 5.97 Å². The highest BCUT2D eigenvalue weighted by molar-refractivity contribution is 6.19. The fourth-order valence-corrected chi connectivity index (χ4v) is 1.63. The summed E-state index contributed by atoms with van der Waals surface area (Å²) in [5, 5.41) is 11.7. The van der Waals surface area contributed by atoms with E-state index in [-0.39, 0.29) is 0 Å². The summed E-state index contributed by atoms with van der Waals surface area (Å²) in [6.45, 7) is 3.03. The first kappa shape index (κ1) is 18.4. The van der Waals surface area contributed by atoms with Crippen molar-refractivity contribution >= 4 is 23.3 Å². The van der Waals surface area contributed by atoms with Crippen molar-refractivity contribution in [3.05, 3.63) is 60.1 Å². The minimum absolute atomic E-state index is 0.489. The molecule has 0 fully saturated rings. The first-order valence-electron chi connectivity index (χ1n) is 6.80. The average Bonchev–Trinajstić information content (AvgIpc) is 3.02. The lowest BCUT2D eigenvalue weighted by molar-refractivity contribution is -0.134. The van der Waals surface area contributed by atoms with Crippen molar-refractivity contribution in [2.75, 3.05) is 5.88 Å². The van der Waals surface area contributed by atoms with Gasteiger partial charge in [0.05, 0.1) is 17.6 Å². The number of carboxylic acids is 1. The van der Waals surface area contributed by atoms with E-state index >= 15 is 0 Å². The number of aliphatic carboxylic acids is 1. The number of nitrogens with zero attached hydrogens (tertiary/aromatic N) is 3. The number of alkyl halides is 1. The number of pyridine rings is 1. The quantitative estimate of drug-likeness (QED) is 0.662. The lowest BCUT2D eigenvalue weighted by Gasteiger charge is -2.06. The van der Waals surface area contributed by atoms with Crippen LogP contribution < -0.4 is 5.73 Å². The van der Waals surface area contributed by atoms with Crippen LogP contribution in [-0.4, -0.2) is 31.7 Å². The molecule has 0 aliphatic rings. The lowest BCUT2D eigenvalue weighted by atomic mass is 10.2. The molecule has 0 saturated carbocycles. The Kier molecular flexibility index (Phi) is 7.56. The Hall–Kier alpha value is -2.60. The second kappa shape index (κ2) is 9.42. The van der Waals surface area contributed by atoms with Gasteiger partial charge in [0, 0.05) is 19.0 Å². The number of carboxylic acid groups (broad SMARTS) is 1. The van der Waals surface area contributed by atoms with Gasteiger partial charge in [0.15, 0.2) is 5.82 Å². The molecule has 7 heteroatoms. The molecule has 0 saturated heterocycles. The molecular weight excluding hydrogens is 316 g/mol. The summed E-state index contributed by atoms with van der Waals surface area (Å²) >= 11 is 5.72. The van der Waals surface area contributed by atoms with E-state index in [0.29, 0.717) is 11.6 Å². The number of allylic oxidation sites excluding steroid dienone is 3.